The zero-order valence-electron chi connectivity index (χ0n) is 19.3. The van der Waals surface area contributed by atoms with Crippen LogP contribution in [0, 0.1) is 6.92 Å². The number of anilines is 1. The lowest BCUT2D eigenvalue weighted by Crippen LogP contribution is -2.26. The van der Waals surface area contributed by atoms with Gasteiger partial charge < -0.3 is 9.84 Å². The van der Waals surface area contributed by atoms with Crippen molar-refractivity contribution in [2.24, 2.45) is 0 Å². The van der Waals surface area contributed by atoms with Crippen molar-refractivity contribution in [1.29, 1.82) is 0 Å². The first-order valence-corrected chi connectivity index (χ1v) is 13.2. The molecular weight excluding hydrogens is 487 g/mol. The Morgan fingerprint density at radius 2 is 2.06 bits per heavy atom. The normalized spacial score (nSPS) is 19.5. The summed E-state index contributed by atoms with van der Waals surface area (Å²) in [7, 11) is -3.28. The first kappa shape index (κ1) is 22.8. The second-order valence-corrected chi connectivity index (χ2v) is 11.3. The lowest BCUT2D eigenvalue weighted by molar-refractivity contribution is 0.102. The van der Waals surface area contributed by atoms with E-state index < -0.39 is 16.2 Å². The molecule has 0 aliphatic heterocycles. The van der Waals surface area contributed by atoms with Crippen molar-refractivity contribution in [3.05, 3.63) is 65.4 Å². The number of hydrogen-bond donors (Lipinski definition) is 2. The molecule has 0 spiro atoms. The number of aryl methyl sites for hydroxylation is 1. The molecule has 3 aromatic heterocycles. The van der Waals surface area contributed by atoms with Crippen molar-refractivity contribution in [3.63, 3.8) is 0 Å². The van der Waals surface area contributed by atoms with Gasteiger partial charge in [0.25, 0.3) is 5.91 Å². The van der Waals surface area contributed by atoms with Crippen LogP contribution in [-0.4, -0.2) is 45.3 Å². The summed E-state index contributed by atoms with van der Waals surface area (Å²) in [6.07, 6.45) is 4.03. The van der Waals surface area contributed by atoms with Crippen LogP contribution < -0.4 is 10.0 Å². The maximum atomic E-state index is 13.3. The van der Waals surface area contributed by atoms with Crippen LogP contribution in [0.2, 0.25) is 0 Å². The van der Waals surface area contributed by atoms with E-state index in [0.29, 0.717) is 47.7 Å². The maximum absolute atomic E-state index is 13.3. The summed E-state index contributed by atoms with van der Waals surface area (Å²) in [6.45, 7) is 2.03. The van der Waals surface area contributed by atoms with Crippen molar-refractivity contribution < 1.29 is 22.1 Å². The predicted octanol–water partition coefficient (Wildman–Crippen LogP) is 3.35. The van der Waals surface area contributed by atoms with Crippen LogP contribution in [0.3, 0.4) is 0 Å². The monoisotopic (exact) mass is 510 g/mol. The number of nitrogens with zero attached hydrogens (tertiary/aromatic N) is 4. The highest BCUT2D eigenvalue weighted by Gasteiger charge is 2.43. The van der Waals surface area contributed by atoms with Gasteiger partial charge in [-0.1, -0.05) is 17.3 Å². The SMILES string of the molecule is Cc1ccc(-c2noc([C@H]3C[C@@H]3F)n2)cc1NC(=O)c1cnc2cc(CNS(=O)(=O)C3CC3)ccn12. The fourth-order valence-corrected chi connectivity index (χ4v) is 5.35. The molecular formula is C24H23FN6O4S. The standard InChI is InChI=1S/C24H23FN6O4S/c1-13-2-3-15(22-29-24(35-30-22)17-10-18(17)25)9-19(13)28-23(32)20-12-26-21-8-14(6-7-31(20)21)11-27-36(33,34)16-4-5-16/h2-3,6-9,12,16-18,27H,4-5,10-11H2,1H3,(H,28,32)/t17-,18-/m0/s1. The van der Waals surface area contributed by atoms with E-state index in [1.165, 1.54) is 6.20 Å². The van der Waals surface area contributed by atoms with Gasteiger partial charge in [-0.15, -0.1) is 0 Å². The van der Waals surface area contributed by atoms with Crippen molar-refractivity contribution in [2.75, 3.05) is 5.32 Å². The minimum Gasteiger partial charge on any atom is -0.339 e. The molecule has 0 saturated heterocycles. The fraction of sp³-hybridized carbons (Fsp3) is 0.333. The first-order chi connectivity index (χ1) is 17.3. The number of amides is 1. The Bertz CT molecular complexity index is 1590. The van der Waals surface area contributed by atoms with Gasteiger partial charge in [-0.25, -0.2) is 22.5 Å². The molecule has 0 radical (unpaired) electrons. The second kappa shape index (κ2) is 8.49. The van der Waals surface area contributed by atoms with E-state index in [1.807, 2.05) is 19.1 Å². The third-order valence-corrected chi connectivity index (χ3v) is 8.36. The zero-order chi connectivity index (χ0) is 25.0. The Morgan fingerprint density at radius 1 is 1.25 bits per heavy atom. The van der Waals surface area contributed by atoms with E-state index >= 15 is 0 Å². The lowest BCUT2D eigenvalue weighted by Gasteiger charge is -2.10. The molecule has 2 atom stereocenters. The Kier molecular flexibility index (Phi) is 5.38. The van der Waals surface area contributed by atoms with Gasteiger partial charge >= 0.3 is 0 Å². The molecule has 0 unspecified atom stereocenters. The van der Waals surface area contributed by atoms with Crippen LogP contribution in [0.5, 0.6) is 0 Å². The van der Waals surface area contributed by atoms with Crippen LogP contribution >= 0.6 is 0 Å². The van der Waals surface area contributed by atoms with Gasteiger partial charge in [0.05, 0.1) is 17.4 Å². The number of sulfonamides is 1. The van der Waals surface area contributed by atoms with Gasteiger partial charge in [0.15, 0.2) is 0 Å². The smallest absolute Gasteiger partial charge is 0.274 e. The number of nitrogens with one attached hydrogen (secondary N) is 2. The third-order valence-electron chi connectivity index (χ3n) is 6.47. The van der Waals surface area contributed by atoms with Crippen molar-refractivity contribution >= 4 is 27.3 Å². The number of benzene rings is 1. The van der Waals surface area contributed by atoms with Crippen LogP contribution in [0.25, 0.3) is 17.0 Å². The van der Waals surface area contributed by atoms with E-state index in [1.54, 1.807) is 28.8 Å². The number of imidazole rings is 1. The molecule has 3 heterocycles. The van der Waals surface area contributed by atoms with E-state index in [4.69, 9.17) is 4.52 Å². The van der Waals surface area contributed by atoms with E-state index in [0.717, 1.165) is 11.1 Å². The molecule has 2 fully saturated rings. The Morgan fingerprint density at radius 3 is 2.81 bits per heavy atom. The Balaban J connectivity index is 1.19. The number of carbonyl (C=O) groups excluding carboxylic acids is 1. The highest BCUT2D eigenvalue weighted by molar-refractivity contribution is 7.90. The van der Waals surface area contributed by atoms with Gasteiger partial charge in [-0.2, -0.15) is 4.98 Å². The average Bonchev–Trinajstić information content (AvgIpc) is 3.75. The predicted molar refractivity (Wildman–Crippen MR) is 129 cm³/mol. The van der Waals surface area contributed by atoms with Crippen molar-refractivity contribution in [1.82, 2.24) is 24.2 Å². The number of aromatic nitrogens is 4. The number of rotatable bonds is 8. The van der Waals surface area contributed by atoms with Crippen molar-refractivity contribution in [3.8, 4) is 11.4 Å². The third kappa shape index (κ3) is 4.37. The molecule has 2 aliphatic carbocycles. The molecule has 2 saturated carbocycles. The molecule has 1 amide bonds. The average molecular weight is 511 g/mol. The molecule has 0 bridgehead atoms. The Hall–Kier alpha value is -3.64. The number of pyridine rings is 1. The summed E-state index contributed by atoms with van der Waals surface area (Å²) >= 11 is 0. The van der Waals surface area contributed by atoms with Gasteiger partial charge in [0.2, 0.25) is 21.7 Å². The lowest BCUT2D eigenvalue weighted by atomic mass is 10.1. The van der Waals surface area contributed by atoms with Crippen LogP contribution in [0.15, 0.2) is 47.2 Å². The van der Waals surface area contributed by atoms with Gasteiger partial charge in [0.1, 0.15) is 17.5 Å². The maximum Gasteiger partial charge on any atom is 0.274 e. The van der Waals surface area contributed by atoms with Crippen LogP contribution in [-0.2, 0) is 16.6 Å². The fourth-order valence-electron chi connectivity index (χ4n) is 3.99. The molecule has 4 aromatic rings. The number of alkyl halides is 1. The molecule has 36 heavy (non-hydrogen) atoms. The molecule has 6 rings (SSSR count). The van der Waals surface area contributed by atoms with E-state index in [-0.39, 0.29) is 29.5 Å². The zero-order valence-corrected chi connectivity index (χ0v) is 20.1. The van der Waals surface area contributed by atoms with Gasteiger partial charge in [-0.3, -0.25) is 9.20 Å². The summed E-state index contributed by atoms with van der Waals surface area (Å²) in [5.41, 5.74) is 3.64. The van der Waals surface area contributed by atoms with Crippen LogP contribution in [0.1, 0.15) is 52.7 Å². The summed E-state index contributed by atoms with van der Waals surface area (Å²) in [4.78, 5) is 21.7. The Labute approximate surface area is 206 Å². The second-order valence-electron chi connectivity index (χ2n) is 9.27. The molecule has 12 heteroatoms. The highest BCUT2D eigenvalue weighted by atomic mass is 32.2. The summed E-state index contributed by atoms with van der Waals surface area (Å²) in [5, 5.41) is 6.57. The first-order valence-electron chi connectivity index (χ1n) is 11.6. The van der Waals surface area contributed by atoms with E-state index in [2.05, 4.69) is 25.2 Å². The number of halogens is 1. The molecule has 10 nitrogen and oxygen atoms in total. The summed E-state index contributed by atoms with van der Waals surface area (Å²) in [6, 6.07) is 8.89. The van der Waals surface area contributed by atoms with Gasteiger partial charge in [-0.05, 0) is 55.5 Å². The number of hydrogen-bond acceptors (Lipinski definition) is 7. The van der Waals surface area contributed by atoms with Gasteiger partial charge in [0, 0.05) is 24.0 Å². The van der Waals surface area contributed by atoms with Crippen molar-refractivity contribution in [2.45, 2.75) is 50.1 Å². The largest absolute Gasteiger partial charge is 0.339 e. The molecule has 2 aliphatic rings. The summed E-state index contributed by atoms with van der Waals surface area (Å²) in [5.74, 6) is -0.0738. The number of carbonyl (C=O) groups is 1. The minimum atomic E-state index is -3.28. The molecule has 186 valence electrons. The molecule has 2 N–H and O–H groups in total. The summed E-state index contributed by atoms with van der Waals surface area (Å²) < 4.78 is 46.9. The highest BCUT2D eigenvalue weighted by Crippen LogP contribution is 2.43. The molecule has 1 aromatic carbocycles. The number of fused-ring (bicyclic) bond motifs is 1. The topological polar surface area (TPSA) is 131 Å². The van der Waals surface area contributed by atoms with E-state index in [9.17, 15) is 17.6 Å². The van der Waals surface area contributed by atoms with Crippen LogP contribution in [0.4, 0.5) is 10.1 Å². The quantitative estimate of drug-likeness (QED) is 0.372. The minimum absolute atomic E-state index is 0.167.